The maximum absolute atomic E-state index is 13.1. The first-order valence-corrected chi connectivity index (χ1v) is 8.04. The molecule has 1 saturated carbocycles. The summed E-state index contributed by atoms with van der Waals surface area (Å²) in [7, 11) is 0. The molecule has 1 aliphatic carbocycles. The molecule has 1 heterocycles. The third-order valence-corrected chi connectivity index (χ3v) is 4.44. The number of hydrogen-bond acceptors (Lipinski definition) is 5. The van der Waals surface area contributed by atoms with E-state index >= 15 is 0 Å². The molecule has 7 nitrogen and oxygen atoms in total. The van der Waals surface area contributed by atoms with E-state index in [-0.39, 0.29) is 11.9 Å². The summed E-state index contributed by atoms with van der Waals surface area (Å²) < 4.78 is 0. The second kappa shape index (κ2) is 6.87. The fraction of sp³-hybridized carbons (Fsp3) is 0.500. The predicted molar refractivity (Wildman–Crippen MR) is 84.6 cm³/mol. The predicted octanol–water partition coefficient (Wildman–Crippen LogP) is 1.63. The van der Waals surface area contributed by atoms with Crippen molar-refractivity contribution in [2.75, 3.05) is 6.54 Å². The fourth-order valence-electron chi connectivity index (χ4n) is 3.28. The van der Waals surface area contributed by atoms with Gasteiger partial charge in [0.2, 0.25) is 5.82 Å². The van der Waals surface area contributed by atoms with Crippen LogP contribution >= 0.6 is 0 Å². The van der Waals surface area contributed by atoms with Crippen molar-refractivity contribution in [1.82, 2.24) is 25.5 Å². The van der Waals surface area contributed by atoms with Gasteiger partial charge < -0.3 is 10.0 Å². The molecule has 0 radical (unpaired) electrons. The van der Waals surface area contributed by atoms with Crippen molar-refractivity contribution in [1.29, 1.82) is 0 Å². The molecule has 1 fully saturated rings. The monoisotopic (exact) mass is 315 g/mol. The van der Waals surface area contributed by atoms with Gasteiger partial charge in [0.05, 0.1) is 17.7 Å². The fourth-order valence-corrected chi connectivity index (χ4v) is 3.28. The Hall–Kier alpha value is -2.28. The molecule has 0 unspecified atom stereocenters. The summed E-state index contributed by atoms with van der Waals surface area (Å²) in [5.74, 6) is 0.299. The molecule has 0 saturated heterocycles. The van der Waals surface area contributed by atoms with Gasteiger partial charge in [-0.05, 0) is 31.0 Å². The summed E-state index contributed by atoms with van der Waals surface area (Å²) in [6.45, 7) is 2.50. The van der Waals surface area contributed by atoms with Gasteiger partial charge in [-0.25, -0.2) is 0 Å². The smallest absolute Gasteiger partial charge is 0.254 e. The van der Waals surface area contributed by atoms with E-state index in [9.17, 15) is 9.90 Å². The molecule has 3 rings (SSSR count). The SMILES string of the molecule is CCN(C(=O)c1ccccc1-c1nn[nH]n1)[C@@H]1CCCC[C@H]1O. The molecule has 1 aromatic carbocycles. The third kappa shape index (κ3) is 3.10. The van der Waals surface area contributed by atoms with E-state index in [1.807, 2.05) is 25.1 Å². The van der Waals surface area contributed by atoms with Crippen LogP contribution in [0.4, 0.5) is 0 Å². The van der Waals surface area contributed by atoms with E-state index in [4.69, 9.17) is 0 Å². The minimum absolute atomic E-state index is 0.0983. The number of hydrogen-bond donors (Lipinski definition) is 2. The van der Waals surface area contributed by atoms with Gasteiger partial charge >= 0.3 is 0 Å². The molecule has 1 aliphatic rings. The zero-order chi connectivity index (χ0) is 16.2. The normalized spacial score (nSPS) is 21.1. The van der Waals surface area contributed by atoms with Crippen LogP contribution in [0, 0.1) is 0 Å². The van der Waals surface area contributed by atoms with Crippen LogP contribution in [0.1, 0.15) is 43.0 Å². The number of amides is 1. The number of aliphatic hydroxyl groups excluding tert-OH is 1. The average Bonchev–Trinajstić information content (AvgIpc) is 3.11. The summed E-state index contributed by atoms with van der Waals surface area (Å²) in [6, 6.07) is 7.12. The van der Waals surface area contributed by atoms with E-state index < -0.39 is 6.10 Å². The number of nitrogens with zero attached hydrogens (tertiary/aromatic N) is 4. The number of tetrazole rings is 1. The molecule has 23 heavy (non-hydrogen) atoms. The lowest BCUT2D eigenvalue weighted by atomic mass is 9.90. The Bertz CT molecular complexity index is 658. The number of aromatic nitrogens is 4. The average molecular weight is 315 g/mol. The van der Waals surface area contributed by atoms with Crippen LogP contribution in [0.5, 0.6) is 0 Å². The molecule has 122 valence electrons. The van der Waals surface area contributed by atoms with Crippen molar-refractivity contribution in [3.05, 3.63) is 29.8 Å². The van der Waals surface area contributed by atoms with Gasteiger partial charge in [0.25, 0.3) is 5.91 Å². The summed E-state index contributed by atoms with van der Waals surface area (Å²) in [6.07, 6.45) is 3.19. The van der Waals surface area contributed by atoms with Crippen molar-refractivity contribution in [3.63, 3.8) is 0 Å². The zero-order valence-electron chi connectivity index (χ0n) is 13.1. The zero-order valence-corrected chi connectivity index (χ0v) is 13.1. The summed E-state index contributed by atoms with van der Waals surface area (Å²) >= 11 is 0. The van der Waals surface area contributed by atoms with Gasteiger partial charge in [-0.2, -0.15) is 5.21 Å². The molecular weight excluding hydrogens is 294 g/mol. The quantitative estimate of drug-likeness (QED) is 0.894. The molecule has 0 spiro atoms. The van der Waals surface area contributed by atoms with Gasteiger partial charge in [0.1, 0.15) is 0 Å². The lowest BCUT2D eigenvalue weighted by Gasteiger charge is -2.37. The molecule has 2 atom stereocenters. The number of aromatic amines is 1. The standard InChI is InChI=1S/C16H21N5O2/c1-2-21(13-9-5-6-10-14(13)22)16(23)12-8-4-3-7-11(12)15-17-19-20-18-15/h3-4,7-8,13-14,22H,2,5-6,9-10H2,1H3,(H,17,18,19,20)/t13-,14-/m1/s1. The van der Waals surface area contributed by atoms with Crippen molar-refractivity contribution >= 4 is 5.91 Å². The highest BCUT2D eigenvalue weighted by Gasteiger charge is 2.32. The Morgan fingerprint density at radius 2 is 2.13 bits per heavy atom. The molecule has 0 bridgehead atoms. The Balaban J connectivity index is 1.93. The maximum atomic E-state index is 13.1. The number of benzene rings is 1. The molecule has 2 N–H and O–H groups in total. The Morgan fingerprint density at radius 3 is 2.83 bits per heavy atom. The van der Waals surface area contributed by atoms with Gasteiger partial charge in [0, 0.05) is 12.1 Å². The highest BCUT2D eigenvalue weighted by molar-refractivity contribution is 6.00. The minimum Gasteiger partial charge on any atom is -0.391 e. The van der Waals surface area contributed by atoms with Crippen molar-refractivity contribution < 1.29 is 9.90 Å². The molecule has 7 heteroatoms. The summed E-state index contributed by atoms with van der Waals surface area (Å²) in [5, 5.41) is 24.2. The van der Waals surface area contributed by atoms with E-state index in [1.165, 1.54) is 0 Å². The summed E-state index contributed by atoms with van der Waals surface area (Å²) in [5.41, 5.74) is 1.18. The van der Waals surface area contributed by atoms with Crippen LogP contribution in [0.25, 0.3) is 11.4 Å². The van der Waals surface area contributed by atoms with Crippen molar-refractivity contribution in [2.45, 2.75) is 44.8 Å². The molecule has 0 aliphatic heterocycles. The van der Waals surface area contributed by atoms with Crippen molar-refractivity contribution in [2.24, 2.45) is 0 Å². The first-order chi connectivity index (χ1) is 11.2. The molecule has 2 aromatic rings. The highest BCUT2D eigenvalue weighted by atomic mass is 16.3. The Morgan fingerprint density at radius 1 is 1.35 bits per heavy atom. The van der Waals surface area contributed by atoms with Gasteiger partial charge in [-0.15, -0.1) is 10.2 Å². The first kappa shape index (κ1) is 15.6. The lowest BCUT2D eigenvalue weighted by Crippen LogP contribution is -2.48. The van der Waals surface area contributed by atoms with Crippen LogP contribution in [-0.4, -0.2) is 55.2 Å². The van der Waals surface area contributed by atoms with Gasteiger partial charge in [-0.3, -0.25) is 4.79 Å². The second-order valence-corrected chi connectivity index (χ2v) is 5.79. The van der Waals surface area contributed by atoms with E-state index in [0.717, 1.165) is 25.7 Å². The first-order valence-electron chi connectivity index (χ1n) is 8.04. The number of aliphatic hydroxyl groups is 1. The second-order valence-electron chi connectivity index (χ2n) is 5.79. The van der Waals surface area contributed by atoms with Crippen molar-refractivity contribution in [3.8, 4) is 11.4 Å². The summed E-state index contributed by atoms with van der Waals surface area (Å²) in [4.78, 5) is 14.8. The number of likely N-dealkylation sites (N-methyl/N-ethyl adjacent to an activating group) is 1. The molecule has 1 aromatic heterocycles. The maximum Gasteiger partial charge on any atom is 0.254 e. The van der Waals surface area contributed by atoms with E-state index in [1.54, 1.807) is 11.0 Å². The van der Waals surface area contributed by atoms with Gasteiger partial charge in [0.15, 0.2) is 0 Å². The minimum atomic E-state index is -0.454. The Labute approximate surface area is 134 Å². The number of H-pyrrole nitrogens is 1. The van der Waals surface area contributed by atoms with Crippen LogP contribution in [0.2, 0.25) is 0 Å². The number of nitrogens with one attached hydrogen (secondary N) is 1. The number of carbonyl (C=O) groups excluding carboxylic acids is 1. The van der Waals surface area contributed by atoms with Crippen LogP contribution in [0.15, 0.2) is 24.3 Å². The third-order valence-electron chi connectivity index (χ3n) is 4.44. The Kier molecular flexibility index (Phi) is 4.66. The molecule has 1 amide bonds. The van der Waals surface area contributed by atoms with Crippen LogP contribution in [-0.2, 0) is 0 Å². The van der Waals surface area contributed by atoms with E-state index in [2.05, 4.69) is 20.6 Å². The topological polar surface area (TPSA) is 95.0 Å². The number of rotatable bonds is 4. The van der Waals surface area contributed by atoms with Gasteiger partial charge in [-0.1, -0.05) is 31.0 Å². The van der Waals surface area contributed by atoms with Crippen LogP contribution in [0.3, 0.4) is 0 Å². The number of carbonyl (C=O) groups is 1. The largest absolute Gasteiger partial charge is 0.391 e. The molecular formula is C16H21N5O2. The lowest BCUT2D eigenvalue weighted by molar-refractivity contribution is 0.0197. The highest BCUT2D eigenvalue weighted by Crippen LogP contribution is 2.27. The van der Waals surface area contributed by atoms with Crippen LogP contribution < -0.4 is 0 Å². The van der Waals surface area contributed by atoms with E-state index in [0.29, 0.717) is 23.5 Å².